The van der Waals surface area contributed by atoms with Gasteiger partial charge in [-0.2, -0.15) is 0 Å². The number of amides is 1. The average molecular weight is 613 g/mol. The minimum Gasteiger partial charge on any atom is -0.493 e. The third kappa shape index (κ3) is 9.26. The lowest BCUT2D eigenvalue weighted by Gasteiger charge is -2.29. The second kappa shape index (κ2) is 14.8. The highest BCUT2D eigenvalue weighted by atomic mass is 16.6. The predicted octanol–water partition coefficient (Wildman–Crippen LogP) is 3.45. The molecule has 2 unspecified atom stereocenters. The zero-order valence-electron chi connectivity index (χ0n) is 26.1. The fourth-order valence-corrected chi connectivity index (χ4v) is 4.41. The summed E-state index contributed by atoms with van der Waals surface area (Å²) < 4.78 is 27.6. The molecule has 238 valence electrons. The Morgan fingerprint density at radius 1 is 1.07 bits per heavy atom. The number of hydrogen-bond acceptors (Lipinski definition) is 11. The van der Waals surface area contributed by atoms with Crippen molar-refractivity contribution in [3.63, 3.8) is 0 Å². The third-order valence-corrected chi connectivity index (χ3v) is 6.66. The molecule has 1 amide bonds. The lowest BCUT2D eigenvalue weighted by atomic mass is 9.91. The van der Waals surface area contributed by atoms with Crippen molar-refractivity contribution >= 4 is 29.8 Å². The number of nitrogens with one attached hydrogen (secondary N) is 1. The number of rotatable bonds is 9. The van der Waals surface area contributed by atoms with E-state index in [1.807, 2.05) is 39.0 Å². The van der Waals surface area contributed by atoms with E-state index < -0.39 is 71.9 Å². The summed E-state index contributed by atoms with van der Waals surface area (Å²) in [6.07, 6.45) is -0.772. The molecular formula is C32H40N2O10. The Hall–Kier alpha value is -4.48. The summed E-state index contributed by atoms with van der Waals surface area (Å²) in [5.41, 5.74) is 0.0563. The second-order valence-corrected chi connectivity index (χ2v) is 12.1. The molecule has 12 heteroatoms. The fraction of sp³-hybridized carbons (Fsp3) is 0.500. The van der Waals surface area contributed by atoms with E-state index in [9.17, 15) is 24.0 Å². The number of hydrogen-bond donors (Lipinski definition) is 1. The molecule has 0 radical (unpaired) electrons. The number of ether oxygens (including phenoxy) is 5. The van der Waals surface area contributed by atoms with Gasteiger partial charge in [0.1, 0.15) is 18.6 Å². The third-order valence-electron chi connectivity index (χ3n) is 6.66. The Kier molecular flexibility index (Phi) is 11.4. The van der Waals surface area contributed by atoms with Gasteiger partial charge in [0, 0.05) is 12.3 Å². The number of pyridine rings is 1. The van der Waals surface area contributed by atoms with Gasteiger partial charge in [0.25, 0.3) is 5.91 Å². The molecule has 12 nitrogen and oxygen atoms in total. The molecular weight excluding hydrogens is 572 g/mol. The van der Waals surface area contributed by atoms with Gasteiger partial charge < -0.3 is 29.0 Å². The van der Waals surface area contributed by atoms with Crippen molar-refractivity contribution in [2.45, 2.75) is 72.6 Å². The first-order valence-electron chi connectivity index (χ1n) is 14.4. The van der Waals surface area contributed by atoms with E-state index in [-0.39, 0.29) is 30.0 Å². The van der Waals surface area contributed by atoms with E-state index in [0.29, 0.717) is 0 Å². The normalized spacial score (nSPS) is 20.7. The monoisotopic (exact) mass is 612 g/mol. The average Bonchev–Trinajstić information content (AvgIpc) is 2.98. The van der Waals surface area contributed by atoms with Crippen LogP contribution in [-0.2, 0) is 39.8 Å². The number of carbonyl (C=O) groups is 5. The van der Waals surface area contributed by atoms with Crippen LogP contribution in [0.3, 0.4) is 0 Å². The topological polar surface area (TPSA) is 156 Å². The van der Waals surface area contributed by atoms with Crippen molar-refractivity contribution in [2.24, 2.45) is 17.3 Å². The molecule has 3 rings (SSSR count). The van der Waals surface area contributed by atoms with Gasteiger partial charge in [-0.05, 0) is 24.3 Å². The number of carbonyl (C=O) groups excluding carboxylic acids is 5. The van der Waals surface area contributed by atoms with Gasteiger partial charge >= 0.3 is 23.9 Å². The van der Waals surface area contributed by atoms with Crippen LogP contribution in [0.4, 0.5) is 0 Å². The lowest BCUT2D eigenvalue weighted by Crippen LogP contribution is -2.47. The number of cyclic esters (lactones) is 2. The number of aromatic nitrogens is 1. The van der Waals surface area contributed by atoms with Crippen molar-refractivity contribution < 1.29 is 47.7 Å². The Morgan fingerprint density at radius 2 is 1.75 bits per heavy atom. The van der Waals surface area contributed by atoms with Crippen LogP contribution in [0.1, 0.15) is 64.0 Å². The van der Waals surface area contributed by atoms with Gasteiger partial charge in [0.2, 0.25) is 5.75 Å². The van der Waals surface area contributed by atoms with Crippen LogP contribution in [0.2, 0.25) is 0 Å². The summed E-state index contributed by atoms with van der Waals surface area (Å²) in [6.45, 7) is 9.78. The quantitative estimate of drug-likeness (QED) is 0.327. The van der Waals surface area contributed by atoms with Gasteiger partial charge in [-0.15, -0.1) is 0 Å². The minimum absolute atomic E-state index is 0.0433. The summed E-state index contributed by atoms with van der Waals surface area (Å²) in [5.74, 6) is -5.44. The van der Waals surface area contributed by atoms with E-state index in [4.69, 9.17) is 23.7 Å². The van der Waals surface area contributed by atoms with Crippen LogP contribution in [-0.4, -0.2) is 66.7 Å². The van der Waals surface area contributed by atoms with Crippen LogP contribution in [0, 0.1) is 17.3 Å². The number of benzene rings is 1. The van der Waals surface area contributed by atoms with Crippen LogP contribution < -0.4 is 14.8 Å². The first-order valence-corrected chi connectivity index (χ1v) is 14.4. The van der Waals surface area contributed by atoms with Crippen LogP contribution in [0.15, 0.2) is 42.6 Å². The summed E-state index contributed by atoms with van der Waals surface area (Å²) in [6, 6.07) is 9.02. The van der Waals surface area contributed by atoms with E-state index in [1.54, 1.807) is 26.0 Å². The van der Waals surface area contributed by atoms with Crippen molar-refractivity contribution in [3.05, 3.63) is 53.9 Å². The molecule has 1 saturated heterocycles. The molecule has 1 aliphatic rings. The predicted molar refractivity (Wildman–Crippen MR) is 157 cm³/mol. The molecule has 2 heterocycles. The number of methoxy groups -OCH3 is 1. The van der Waals surface area contributed by atoms with E-state index in [1.165, 1.54) is 26.3 Å². The molecule has 44 heavy (non-hydrogen) atoms. The maximum atomic E-state index is 13.4. The van der Waals surface area contributed by atoms with E-state index in [2.05, 4.69) is 10.3 Å². The summed E-state index contributed by atoms with van der Waals surface area (Å²) in [5, 5.41) is 2.47. The Labute approximate surface area is 256 Å². The lowest BCUT2D eigenvalue weighted by molar-refractivity contribution is -0.176. The summed E-state index contributed by atoms with van der Waals surface area (Å²) in [7, 11) is 1.34. The molecule has 1 fully saturated rings. The minimum atomic E-state index is -1.46. The van der Waals surface area contributed by atoms with Crippen LogP contribution >= 0.6 is 0 Å². The largest absolute Gasteiger partial charge is 0.493 e. The highest BCUT2D eigenvalue weighted by Gasteiger charge is 2.42. The molecule has 0 aliphatic carbocycles. The van der Waals surface area contributed by atoms with Gasteiger partial charge in [-0.25, -0.2) is 9.78 Å². The van der Waals surface area contributed by atoms with Crippen molar-refractivity contribution in [3.8, 4) is 11.5 Å². The van der Waals surface area contributed by atoms with Gasteiger partial charge in [0.15, 0.2) is 23.6 Å². The second-order valence-electron chi connectivity index (χ2n) is 12.1. The molecule has 0 saturated carbocycles. The molecule has 4 atom stereocenters. The van der Waals surface area contributed by atoms with Crippen molar-refractivity contribution in [1.82, 2.24) is 10.3 Å². The molecule has 1 aromatic heterocycles. The molecule has 0 bridgehead atoms. The van der Waals surface area contributed by atoms with Crippen LogP contribution in [0.5, 0.6) is 11.5 Å². The maximum absolute atomic E-state index is 13.4. The number of nitrogens with zero attached hydrogens (tertiary/aromatic N) is 1. The highest BCUT2D eigenvalue weighted by molar-refractivity contribution is 5.99. The first kappa shape index (κ1) is 34.0. The Balaban J connectivity index is 1.89. The molecule has 2 aromatic rings. The van der Waals surface area contributed by atoms with Gasteiger partial charge in [0.05, 0.1) is 19.4 Å². The SMILES string of the molecule is COc1ccnc(C(=O)NC2COC(=O)[C@H](Cc3ccccc3)C(OC(=O)C(C)C)[C@H](C)OC2=O)c1OC(=O)CC(C)(C)C. The first-order chi connectivity index (χ1) is 20.7. The van der Waals surface area contributed by atoms with Gasteiger partial charge in [-0.3, -0.25) is 19.2 Å². The fourth-order valence-electron chi connectivity index (χ4n) is 4.41. The molecule has 0 spiro atoms. The van der Waals surface area contributed by atoms with Crippen molar-refractivity contribution in [2.75, 3.05) is 13.7 Å². The van der Waals surface area contributed by atoms with Gasteiger partial charge in [-0.1, -0.05) is 65.0 Å². The van der Waals surface area contributed by atoms with E-state index in [0.717, 1.165) is 5.56 Å². The Bertz CT molecular complexity index is 1350. The number of esters is 4. The highest BCUT2D eigenvalue weighted by Crippen LogP contribution is 2.31. The molecule has 1 aromatic carbocycles. The maximum Gasteiger partial charge on any atom is 0.332 e. The smallest absolute Gasteiger partial charge is 0.332 e. The Morgan fingerprint density at radius 3 is 2.36 bits per heavy atom. The van der Waals surface area contributed by atoms with E-state index >= 15 is 0 Å². The zero-order valence-corrected chi connectivity index (χ0v) is 26.1. The molecule has 1 aliphatic heterocycles. The van der Waals surface area contributed by atoms with Crippen molar-refractivity contribution in [1.29, 1.82) is 0 Å². The summed E-state index contributed by atoms with van der Waals surface area (Å²) in [4.78, 5) is 69.4. The standard InChI is InChI=1S/C32H40N2O10/c1-18(2)29(37)44-26-19(3)42-31(39)22(17-41-30(38)21(26)15-20-11-9-8-10-12-20)34-28(36)25-27(23(40-7)13-14-33-25)43-24(35)16-32(4,5)6/h8-14,18-19,21-22,26H,15-17H2,1-7H3,(H,34,36)/t19-,21+,22?,26?/m0/s1. The zero-order chi connectivity index (χ0) is 32.6. The summed E-state index contributed by atoms with van der Waals surface area (Å²) >= 11 is 0. The van der Waals surface area contributed by atoms with Crippen LogP contribution in [0.25, 0.3) is 0 Å². The molecule has 1 N–H and O–H groups in total.